The molecule has 0 bridgehead atoms. The van der Waals surface area contributed by atoms with Crippen molar-refractivity contribution in [2.24, 2.45) is 0 Å². The van der Waals surface area contributed by atoms with E-state index in [0.717, 1.165) is 24.5 Å². The molecule has 1 aliphatic carbocycles. The van der Waals surface area contributed by atoms with Crippen molar-refractivity contribution in [2.45, 2.75) is 49.2 Å². The Hall–Kier alpha value is -2.49. The molecule has 2 aromatic carbocycles. The highest BCUT2D eigenvalue weighted by atomic mass is 35.5. The highest BCUT2D eigenvalue weighted by Crippen LogP contribution is 2.42. The van der Waals surface area contributed by atoms with Gasteiger partial charge in [-0.25, -0.2) is 21.9 Å². The van der Waals surface area contributed by atoms with E-state index in [1.807, 2.05) is 6.92 Å². The van der Waals surface area contributed by atoms with Gasteiger partial charge in [-0.2, -0.15) is 0 Å². The van der Waals surface area contributed by atoms with Crippen molar-refractivity contribution in [1.29, 1.82) is 0 Å². The molecule has 1 aliphatic heterocycles. The minimum absolute atomic E-state index is 0.108. The van der Waals surface area contributed by atoms with Crippen LogP contribution in [0.25, 0.3) is 10.9 Å². The van der Waals surface area contributed by atoms with Crippen molar-refractivity contribution < 1.29 is 22.0 Å². The number of alkyl halides is 1. The van der Waals surface area contributed by atoms with Crippen molar-refractivity contribution in [2.75, 3.05) is 5.88 Å². The zero-order chi connectivity index (χ0) is 23.5. The van der Waals surface area contributed by atoms with Gasteiger partial charge in [-0.15, -0.1) is 11.6 Å². The lowest BCUT2D eigenvalue weighted by Gasteiger charge is -2.41. The van der Waals surface area contributed by atoms with E-state index in [0.29, 0.717) is 23.0 Å². The Morgan fingerprint density at radius 1 is 1.21 bits per heavy atom. The van der Waals surface area contributed by atoms with E-state index in [1.165, 1.54) is 29.2 Å². The molecule has 0 spiro atoms. The fourth-order valence-electron chi connectivity index (χ4n) is 4.63. The van der Waals surface area contributed by atoms with Crippen LogP contribution in [0.4, 0.5) is 8.78 Å². The van der Waals surface area contributed by atoms with Crippen LogP contribution in [0.2, 0.25) is 0 Å². The third-order valence-corrected chi connectivity index (χ3v) is 8.05. The van der Waals surface area contributed by atoms with E-state index < -0.39 is 27.7 Å². The predicted molar refractivity (Wildman–Crippen MR) is 121 cm³/mol. The Morgan fingerprint density at radius 3 is 2.64 bits per heavy atom. The monoisotopic (exact) mass is 493 g/mol. The summed E-state index contributed by atoms with van der Waals surface area (Å²) in [6.45, 7) is 1.83. The highest BCUT2D eigenvalue weighted by molar-refractivity contribution is 7.89. The molecule has 1 amide bonds. The van der Waals surface area contributed by atoms with Crippen molar-refractivity contribution in [3.8, 4) is 0 Å². The van der Waals surface area contributed by atoms with Crippen LogP contribution in [0.1, 0.15) is 42.6 Å². The Morgan fingerprint density at radius 2 is 1.97 bits per heavy atom. The van der Waals surface area contributed by atoms with Crippen LogP contribution < -0.4 is 4.72 Å². The zero-order valence-corrected chi connectivity index (χ0v) is 19.3. The molecular weight excluding hydrogens is 472 g/mol. The summed E-state index contributed by atoms with van der Waals surface area (Å²) in [5.74, 6) is -1.81. The smallest absolute Gasteiger partial charge is 0.240 e. The van der Waals surface area contributed by atoms with E-state index in [4.69, 9.17) is 11.6 Å². The lowest BCUT2D eigenvalue weighted by atomic mass is 9.88. The number of hydrogen-bond acceptors (Lipinski definition) is 3. The molecule has 1 saturated carbocycles. The first kappa shape index (κ1) is 22.3. The van der Waals surface area contributed by atoms with Gasteiger partial charge in [0.25, 0.3) is 0 Å². The molecule has 0 saturated heterocycles. The number of hydrogen-bond donors (Lipinski definition) is 2. The molecule has 174 valence electrons. The van der Waals surface area contributed by atoms with Crippen LogP contribution in [-0.2, 0) is 21.2 Å². The Kier molecular flexibility index (Phi) is 5.46. The average Bonchev–Trinajstić information content (AvgIpc) is 3.51. The Labute approximate surface area is 195 Å². The maximum Gasteiger partial charge on any atom is 0.240 e. The number of carbonyl (C=O) groups is 1. The number of carbonyl (C=O) groups excluding carboxylic acids is 1. The normalized spacial score (nSPS) is 20.8. The van der Waals surface area contributed by atoms with Gasteiger partial charge in [-0.3, -0.25) is 4.79 Å². The maximum absolute atomic E-state index is 15.5. The number of halogens is 3. The number of benzene rings is 2. The molecule has 0 unspecified atom stereocenters. The van der Waals surface area contributed by atoms with E-state index in [1.54, 1.807) is 6.07 Å². The fraction of sp³-hybridized carbons (Fsp3) is 0.348. The van der Waals surface area contributed by atoms with Crippen LogP contribution in [0, 0.1) is 11.6 Å². The summed E-state index contributed by atoms with van der Waals surface area (Å²) in [6, 6.07) is 6.76. The van der Waals surface area contributed by atoms with Gasteiger partial charge in [0.15, 0.2) is 0 Å². The topological polar surface area (TPSA) is 82.3 Å². The molecule has 0 radical (unpaired) electrons. The number of amides is 1. The number of rotatable bonds is 5. The summed E-state index contributed by atoms with van der Waals surface area (Å²) in [5.41, 5.74) is 2.18. The number of nitrogens with zero attached hydrogens (tertiary/aromatic N) is 1. The van der Waals surface area contributed by atoms with Gasteiger partial charge in [-0.1, -0.05) is 6.07 Å². The van der Waals surface area contributed by atoms with Crippen LogP contribution in [0.3, 0.4) is 0 Å². The van der Waals surface area contributed by atoms with Gasteiger partial charge in [0.2, 0.25) is 15.9 Å². The van der Waals surface area contributed by atoms with Crippen LogP contribution in [0.15, 0.2) is 41.3 Å². The van der Waals surface area contributed by atoms with Gasteiger partial charge in [0, 0.05) is 34.2 Å². The van der Waals surface area contributed by atoms with Crippen molar-refractivity contribution in [3.63, 3.8) is 0 Å². The maximum atomic E-state index is 15.5. The summed E-state index contributed by atoms with van der Waals surface area (Å²) in [6.07, 6.45) is 1.97. The lowest BCUT2D eigenvalue weighted by Crippen LogP contribution is -2.47. The number of aromatic nitrogens is 1. The number of sulfonamides is 1. The Bertz CT molecular complexity index is 1370. The van der Waals surface area contributed by atoms with E-state index in [2.05, 4.69) is 9.71 Å². The highest BCUT2D eigenvalue weighted by Gasteiger charge is 2.40. The molecular formula is C23H22ClF2N3O3S. The molecule has 33 heavy (non-hydrogen) atoms. The first-order chi connectivity index (χ1) is 15.7. The molecule has 1 fully saturated rings. The summed E-state index contributed by atoms with van der Waals surface area (Å²) in [7, 11) is -3.84. The van der Waals surface area contributed by atoms with Crippen LogP contribution in [0.5, 0.6) is 0 Å². The standard InChI is InChI=1S/C23H22ClF2N3O3S/c1-12-8-18-17-9-13(25)2-7-20(17)27-22(18)23(29(12)21(30)11-24)16-6-5-15(10-19(16)26)33(31,32)28-14-3-4-14/h2,5-7,9-10,12,14,23,27-28H,3-4,8,11H2,1H3/t12-,23-/m0/s1. The summed E-state index contributed by atoms with van der Waals surface area (Å²) in [4.78, 5) is 17.4. The van der Waals surface area contributed by atoms with Crippen molar-refractivity contribution >= 4 is 38.4 Å². The van der Waals surface area contributed by atoms with Crippen molar-refractivity contribution in [3.05, 3.63) is 64.9 Å². The number of H-pyrrole nitrogens is 1. The molecule has 2 atom stereocenters. The van der Waals surface area contributed by atoms with Crippen LogP contribution in [-0.4, -0.2) is 42.2 Å². The molecule has 10 heteroatoms. The summed E-state index contributed by atoms with van der Waals surface area (Å²) in [5, 5.41) is 0.674. The molecule has 2 N–H and O–H groups in total. The zero-order valence-electron chi connectivity index (χ0n) is 17.7. The number of nitrogens with one attached hydrogen (secondary N) is 2. The van der Waals surface area contributed by atoms with Gasteiger partial charge in [0.1, 0.15) is 23.6 Å². The van der Waals surface area contributed by atoms with E-state index in [-0.39, 0.29) is 34.3 Å². The average molecular weight is 494 g/mol. The molecule has 3 aromatic rings. The van der Waals surface area contributed by atoms with E-state index in [9.17, 15) is 17.6 Å². The van der Waals surface area contributed by atoms with Gasteiger partial charge < -0.3 is 9.88 Å². The van der Waals surface area contributed by atoms with E-state index >= 15 is 4.39 Å². The molecule has 6 nitrogen and oxygen atoms in total. The fourth-order valence-corrected chi connectivity index (χ4v) is 6.09. The second-order valence-electron chi connectivity index (χ2n) is 8.68. The third kappa shape index (κ3) is 3.92. The van der Waals surface area contributed by atoms with Crippen LogP contribution >= 0.6 is 11.6 Å². The van der Waals surface area contributed by atoms with Gasteiger partial charge in [-0.05, 0) is 62.1 Å². The quantitative estimate of drug-likeness (QED) is 0.527. The molecule has 2 aliphatic rings. The minimum atomic E-state index is -3.84. The first-order valence-corrected chi connectivity index (χ1v) is 12.7. The molecule has 5 rings (SSSR count). The largest absolute Gasteiger partial charge is 0.356 e. The second kappa shape index (κ2) is 8.07. The number of aromatic amines is 1. The minimum Gasteiger partial charge on any atom is -0.356 e. The third-order valence-electron chi connectivity index (χ3n) is 6.31. The van der Waals surface area contributed by atoms with Gasteiger partial charge in [0.05, 0.1) is 4.90 Å². The molecule has 1 aromatic heterocycles. The second-order valence-corrected chi connectivity index (χ2v) is 10.7. The SMILES string of the molecule is C[C@H]1Cc2c([nH]c3ccc(F)cc23)[C@H](c2ccc(S(=O)(=O)NC3CC3)cc2F)N1C(=O)CCl. The first-order valence-electron chi connectivity index (χ1n) is 10.7. The summed E-state index contributed by atoms with van der Waals surface area (Å²) < 4.78 is 57.0. The summed E-state index contributed by atoms with van der Waals surface area (Å²) >= 11 is 5.88. The van der Waals surface area contributed by atoms with Crippen molar-refractivity contribution in [1.82, 2.24) is 14.6 Å². The predicted octanol–water partition coefficient (Wildman–Crippen LogP) is 3.99. The lowest BCUT2D eigenvalue weighted by molar-refractivity contribution is -0.133. The number of fused-ring (bicyclic) bond motifs is 3. The van der Waals surface area contributed by atoms with Gasteiger partial charge >= 0.3 is 0 Å². The molecule has 2 heterocycles. The Balaban J connectivity index is 1.65.